The smallest absolute Gasteiger partial charge is 0.203 e. The van der Waals surface area contributed by atoms with Crippen LogP contribution in [-0.2, 0) is 16.4 Å². The van der Waals surface area contributed by atoms with Gasteiger partial charge in [0.05, 0.1) is 33.2 Å². The molecular formula is C14H22O6S. The number of benzene rings is 1. The molecular weight excluding hydrogens is 296 g/mol. The van der Waals surface area contributed by atoms with Crippen molar-refractivity contribution < 1.29 is 27.7 Å². The highest BCUT2D eigenvalue weighted by Crippen LogP contribution is 2.38. The van der Waals surface area contributed by atoms with Crippen LogP contribution in [0.15, 0.2) is 12.1 Å². The quantitative estimate of drug-likeness (QED) is 0.693. The van der Waals surface area contributed by atoms with E-state index >= 15 is 0 Å². The highest BCUT2D eigenvalue weighted by atomic mass is 32.2. The van der Waals surface area contributed by atoms with Gasteiger partial charge in [0.25, 0.3) is 0 Å². The van der Waals surface area contributed by atoms with Gasteiger partial charge in [-0.1, -0.05) is 6.92 Å². The van der Waals surface area contributed by atoms with E-state index < -0.39 is 9.84 Å². The first-order valence-electron chi connectivity index (χ1n) is 6.66. The van der Waals surface area contributed by atoms with Gasteiger partial charge in [-0.05, 0) is 24.1 Å². The first kappa shape index (κ1) is 17.6. The first-order valence-corrected chi connectivity index (χ1v) is 8.48. The van der Waals surface area contributed by atoms with Gasteiger partial charge in [0.2, 0.25) is 5.75 Å². The van der Waals surface area contributed by atoms with Crippen LogP contribution >= 0.6 is 0 Å². The SMILES string of the molecule is CCS(=O)(=O)CCCOc1c(OC)cc(CO)cc1OC. The van der Waals surface area contributed by atoms with Gasteiger partial charge in [-0.25, -0.2) is 8.42 Å². The Morgan fingerprint density at radius 1 is 1.14 bits per heavy atom. The van der Waals surface area contributed by atoms with Crippen molar-refractivity contribution in [3.05, 3.63) is 17.7 Å². The Balaban J connectivity index is 2.78. The fraction of sp³-hybridized carbons (Fsp3) is 0.571. The van der Waals surface area contributed by atoms with Crippen LogP contribution in [-0.4, -0.2) is 45.9 Å². The lowest BCUT2D eigenvalue weighted by Crippen LogP contribution is -2.12. The van der Waals surface area contributed by atoms with Crippen molar-refractivity contribution >= 4 is 9.84 Å². The Morgan fingerprint density at radius 3 is 2.14 bits per heavy atom. The summed E-state index contributed by atoms with van der Waals surface area (Å²) in [5.74, 6) is 1.51. The van der Waals surface area contributed by atoms with E-state index in [4.69, 9.17) is 14.2 Å². The highest BCUT2D eigenvalue weighted by Gasteiger charge is 2.14. The number of methoxy groups -OCH3 is 2. The molecule has 0 heterocycles. The molecule has 0 unspecified atom stereocenters. The molecule has 0 saturated carbocycles. The Hall–Kier alpha value is -1.47. The molecule has 0 atom stereocenters. The lowest BCUT2D eigenvalue weighted by Gasteiger charge is -2.15. The molecule has 0 aliphatic carbocycles. The number of hydrogen-bond acceptors (Lipinski definition) is 6. The number of rotatable bonds is 9. The monoisotopic (exact) mass is 318 g/mol. The molecule has 1 aromatic rings. The summed E-state index contributed by atoms with van der Waals surface area (Å²) in [4.78, 5) is 0. The van der Waals surface area contributed by atoms with Crippen LogP contribution in [0.4, 0.5) is 0 Å². The average Bonchev–Trinajstić information content (AvgIpc) is 2.50. The second kappa shape index (κ2) is 8.09. The second-order valence-corrected chi connectivity index (χ2v) is 6.90. The first-order chi connectivity index (χ1) is 9.97. The van der Waals surface area contributed by atoms with Crippen molar-refractivity contribution in [3.63, 3.8) is 0 Å². The molecule has 0 bridgehead atoms. The van der Waals surface area contributed by atoms with Crippen LogP contribution in [0.2, 0.25) is 0 Å². The topological polar surface area (TPSA) is 82.1 Å². The summed E-state index contributed by atoms with van der Waals surface area (Å²) in [7, 11) is -0.0107. The molecule has 1 aromatic carbocycles. The van der Waals surface area contributed by atoms with E-state index in [-0.39, 0.29) is 24.7 Å². The summed E-state index contributed by atoms with van der Waals surface area (Å²) in [6.45, 7) is 1.72. The van der Waals surface area contributed by atoms with Crippen molar-refractivity contribution in [2.75, 3.05) is 32.3 Å². The van der Waals surface area contributed by atoms with E-state index in [2.05, 4.69) is 0 Å². The molecule has 0 fully saturated rings. The summed E-state index contributed by atoms with van der Waals surface area (Å²) in [6, 6.07) is 3.31. The zero-order valence-corrected chi connectivity index (χ0v) is 13.4. The third kappa shape index (κ3) is 5.09. The lowest BCUT2D eigenvalue weighted by atomic mass is 10.2. The van der Waals surface area contributed by atoms with Crippen molar-refractivity contribution in [2.45, 2.75) is 20.0 Å². The van der Waals surface area contributed by atoms with Gasteiger partial charge < -0.3 is 19.3 Å². The molecule has 0 spiro atoms. The Morgan fingerprint density at radius 2 is 1.71 bits per heavy atom. The van der Waals surface area contributed by atoms with Crippen LogP contribution in [0.3, 0.4) is 0 Å². The molecule has 1 N–H and O–H groups in total. The summed E-state index contributed by atoms with van der Waals surface area (Å²) >= 11 is 0. The molecule has 0 saturated heterocycles. The van der Waals surface area contributed by atoms with Crippen molar-refractivity contribution in [2.24, 2.45) is 0 Å². The molecule has 1 rings (SSSR count). The molecule has 6 nitrogen and oxygen atoms in total. The van der Waals surface area contributed by atoms with E-state index in [0.717, 1.165) is 0 Å². The van der Waals surface area contributed by atoms with Gasteiger partial charge >= 0.3 is 0 Å². The standard InChI is InChI=1S/C14H22O6S/c1-4-21(16,17)7-5-6-20-14-12(18-2)8-11(10-15)9-13(14)19-3/h8-9,15H,4-7,10H2,1-3H3. The van der Waals surface area contributed by atoms with Gasteiger partial charge in [-0.15, -0.1) is 0 Å². The second-order valence-electron chi connectivity index (χ2n) is 4.43. The molecule has 0 radical (unpaired) electrons. The number of aliphatic hydroxyl groups excluding tert-OH is 1. The average molecular weight is 318 g/mol. The molecule has 0 aliphatic rings. The largest absolute Gasteiger partial charge is 0.493 e. The number of ether oxygens (including phenoxy) is 3. The van der Waals surface area contributed by atoms with E-state index in [1.807, 2.05) is 0 Å². The fourth-order valence-electron chi connectivity index (χ4n) is 1.77. The van der Waals surface area contributed by atoms with Crippen LogP contribution in [0.5, 0.6) is 17.2 Å². The zero-order valence-electron chi connectivity index (χ0n) is 12.6. The maximum atomic E-state index is 11.4. The minimum Gasteiger partial charge on any atom is -0.493 e. The minimum absolute atomic E-state index is 0.0862. The van der Waals surface area contributed by atoms with E-state index in [1.54, 1.807) is 19.1 Å². The van der Waals surface area contributed by atoms with Gasteiger partial charge in [0, 0.05) is 5.75 Å². The number of aliphatic hydroxyl groups is 1. The Bertz CT molecular complexity index is 528. The molecule has 120 valence electrons. The van der Waals surface area contributed by atoms with Crippen molar-refractivity contribution in [1.29, 1.82) is 0 Å². The maximum Gasteiger partial charge on any atom is 0.203 e. The van der Waals surface area contributed by atoms with Crippen molar-refractivity contribution in [3.8, 4) is 17.2 Å². The summed E-state index contributed by atoms with van der Waals surface area (Å²) < 4.78 is 38.8. The molecule has 0 amide bonds. The number of sulfone groups is 1. The maximum absolute atomic E-state index is 11.4. The molecule has 21 heavy (non-hydrogen) atoms. The third-order valence-corrected chi connectivity index (χ3v) is 4.78. The fourth-order valence-corrected chi connectivity index (χ4v) is 2.61. The minimum atomic E-state index is -2.99. The van der Waals surface area contributed by atoms with Gasteiger partial charge in [-0.3, -0.25) is 0 Å². The zero-order chi connectivity index (χ0) is 15.9. The summed E-state index contributed by atoms with van der Waals surface area (Å²) in [6.07, 6.45) is 0.393. The molecule has 7 heteroatoms. The summed E-state index contributed by atoms with van der Waals surface area (Å²) in [5.41, 5.74) is 0.643. The number of hydrogen-bond donors (Lipinski definition) is 1. The van der Waals surface area contributed by atoms with Crippen LogP contribution in [0.1, 0.15) is 18.9 Å². The summed E-state index contributed by atoms with van der Waals surface area (Å²) in [5, 5.41) is 9.18. The van der Waals surface area contributed by atoms with Gasteiger partial charge in [0.1, 0.15) is 9.84 Å². The van der Waals surface area contributed by atoms with Crippen molar-refractivity contribution in [1.82, 2.24) is 0 Å². The van der Waals surface area contributed by atoms with Crippen LogP contribution in [0, 0.1) is 0 Å². The predicted molar refractivity (Wildman–Crippen MR) is 79.9 cm³/mol. The van der Waals surface area contributed by atoms with Gasteiger partial charge in [0.15, 0.2) is 11.5 Å². The van der Waals surface area contributed by atoms with Crippen LogP contribution in [0.25, 0.3) is 0 Å². The van der Waals surface area contributed by atoms with E-state index in [1.165, 1.54) is 14.2 Å². The van der Waals surface area contributed by atoms with Crippen LogP contribution < -0.4 is 14.2 Å². The van der Waals surface area contributed by atoms with Gasteiger partial charge in [-0.2, -0.15) is 0 Å². The third-order valence-electron chi connectivity index (χ3n) is 2.99. The van der Waals surface area contributed by atoms with E-state index in [9.17, 15) is 13.5 Å². The molecule has 0 aliphatic heterocycles. The Labute approximate surface area is 125 Å². The Kier molecular flexibility index (Phi) is 6.77. The molecule has 0 aromatic heterocycles. The highest BCUT2D eigenvalue weighted by molar-refractivity contribution is 7.91. The van der Waals surface area contributed by atoms with E-state index in [0.29, 0.717) is 29.2 Å². The normalized spacial score (nSPS) is 11.2. The predicted octanol–water partition coefficient (Wildman–Crippen LogP) is 1.40. The lowest BCUT2D eigenvalue weighted by molar-refractivity contribution is 0.266.